The summed E-state index contributed by atoms with van der Waals surface area (Å²) in [6, 6.07) is 9.77. The summed E-state index contributed by atoms with van der Waals surface area (Å²) in [4.78, 5) is 0. The van der Waals surface area contributed by atoms with Crippen molar-refractivity contribution in [3.05, 3.63) is 47.8 Å². The summed E-state index contributed by atoms with van der Waals surface area (Å²) in [5, 5.41) is 9.19. The topological polar surface area (TPSA) is 46.2 Å². The third-order valence-electron chi connectivity index (χ3n) is 2.64. The Labute approximate surface area is 93.2 Å². The van der Waals surface area contributed by atoms with Crippen molar-refractivity contribution in [2.24, 2.45) is 0 Å². The van der Waals surface area contributed by atoms with Crippen LogP contribution in [0.2, 0.25) is 0 Å². The molecule has 0 bridgehead atoms. The molecule has 0 unspecified atom stereocenters. The lowest BCUT2D eigenvalue weighted by Gasteiger charge is -2.09. The number of hydrogen-bond donors (Lipinski definition) is 2. The van der Waals surface area contributed by atoms with Crippen molar-refractivity contribution in [1.82, 2.24) is 0 Å². The van der Waals surface area contributed by atoms with E-state index in [1.165, 1.54) is 6.07 Å². The van der Waals surface area contributed by atoms with Crippen LogP contribution in [0.5, 0.6) is 5.75 Å². The van der Waals surface area contributed by atoms with Gasteiger partial charge in [0.25, 0.3) is 0 Å². The zero-order valence-corrected chi connectivity index (χ0v) is 8.87. The Balaban J connectivity index is 2.57. The lowest BCUT2D eigenvalue weighted by Crippen LogP contribution is -1.96. The molecule has 0 atom stereocenters. The summed E-state index contributed by atoms with van der Waals surface area (Å²) in [5.41, 5.74) is 8.29. The van der Waals surface area contributed by atoms with E-state index < -0.39 is 5.82 Å². The number of phenolic OH excluding ortho intramolecular Hbond substituents is 1. The largest absolute Gasteiger partial charge is 0.508 e. The molecule has 0 aliphatic carbocycles. The Bertz CT molecular complexity index is 520. The molecule has 0 spiro atoms. The minimum Gasteiger partial charge on any atom is -0.508 e. The van der Waals surface area contributed by atoms with Gasteiger partial charge in [-0.3, -0.25) is 0 Å². The molecule has 2 aromatic carbocycles. The molecule has 0 heterocycles. The van der Waals surface area contributed by atoms with Gasteiger partial charge in [-0.25, -0.2) is 4.39 Å². The first-order valence-electron chi connectivity index (χ1n) is 4.93. The zero-order chi connectivity index (χ0) is 11.7. The number of halogens is 1. The minimum atomic E-state index is -0.403. The van der Waals surface area contributed by atoms with Crippen LogP contribution in [0.4, 0.5) is 10.1 Å². The van der Waals surface area contributed by atoms with Crippen LogP contribution in [-0.2, 0) is 0 Å². The van der Waals surface area contributed by atoms with Crippen molar-refractivity contribution < 1.29 is 9.50 Å². The summed E-state index contributed by atoms with van der Waals surface area (Å²) in [5.74, 6) is -0.198. The average Bonchev–Trinajstić information content (AvgIpc) is 2.28. The lowest BCUT2D eigenvalue weighted by atomic mass is 9.99. The standard InChI is InChI=1S/C13H12FNO/c1-8-11(6-7-12(14)13(8)15)9-2-4-10(16)5-3-9/h2-7,16H,15H2,1H3. The fourth-order valence-electron chi connectivity index (χ4n) is 1.65. The van der Waals surface area contributed by atoms with Crippen molar-refractivity contribution in [2.75, 3.05) is 5.73 Å². The average molecular weight is 217 g/mol. The first kappa shape index (κ1) is 10.5. The molecule has 2 nitrogen and oxygen atoms in total. The van der Waals surface area contributed by atoms with Crippen LogP contribution in [0.25, 0.3) is 11.1 Å². The number of rotatable bonds is 1. The van der Waals surface area contributed by atoms with Gasteiger partial charge in [0.2, 0.25) is 0 Å². The molecule has 0 aliphatic heterocycles. The first-order chi connectivity index (χ1) is 7.59. The van der Waals surface area contributed by atoms with E-state index in [4.69, 9.17) is 5.73 Å². The van der Waals surface area contributed by atoms with Crippen molar-refractivity contribution in [3.63, 3.8) is 0 Å². The Morgan fingerprint density at radius 1 is 1.06 bits per heavy atom. The van der Waals surface area contributed by atoms with Gasteiger partial charge in [0, 0.05) is 0 Å². The number of nitrogens with two attached hydrogens (primary N) is 1. The van der Waals surface area contributed by atoms with Crippen molar-refractivity contribution in [3.8, 4) is 16.9 Å². The second-order valence-electron chi connectivity index (χ2n) is 3.68. The van der Waals surface area contributed by atoms with Gasteiger partial charge < -0.3 is 10.8 Å². The van der Waals surface area contributed by atoms with Gasteiger partial charge in [-0.05, 0) is 41.8 Å². The summed E-state index contributed by atoms with van der Waals surface area (Å²) < 4.78 is 13.2. The van der Waals surface area contributed by atoms with Crippen LogP contribution in [-0.4, -0.2) is 5.11 Å². The van der Waals surface area contributed by atoms with Gasteiger partial charge in [-0.15, -0.1) is 0 Å². The molecule has 0 amide bonds. The number of phenols is 1. The summed E-state index contributed by atoms with van der Waals surface area (Å²) in [7, 11) is 0. The SMILES string of the molecule is Cc1c(-c2ccc(O)cc2)ccc(F)c1N. The van der Waals surface area contributed by atoms with Gasteiger partial charge >= 0.3 is 0 Å². The maximum atomic E-state index is 13.2. The second-order valence-corrected chi connectivity index (χ2v) is 3.68. The highest BCUT2D eigenvalue weighted by Gasteiger charge is 2.08. The number of benzene rings is 2. The highest BCUT2D eigenvalue weighted by Crippen LogP contribution is 2.29. The fraction of sp³-hybridized carbons (Fsp3) is 0.0769. The predicted octanol–water partition coefficient (Wildman–Crippen LogP) is 3.09. The number of anilines is 1. The molecule has 16 heavy (non-hydrogen) atoms. The van der Waals surface area contributed by atoms with Gasteiger partial charge in [0.15, 0.2) is 0 Å². The Kier molecular flexibility index (Phi) is 2.52. The number of aromatic hydroxyl groups is 1. The van der Waals surface area contributed by atoms with Crippen LogP contribution in [0.1, 0.15) is 5.56 Å². The monoisotopic (exact) mass is 217 g/mol. The van der Waals surface area contributed by atoms with Crippen LogP contribution in [0.15, 0.2) is 36.4 Å². The molecule has 3 N–H and O–H groups in total. The van der Waals surface area contributed by atoms with Crippen LogP contribution >= 0.6 is 0 Å². The minimum absolute atomic E-state index is 0.172. The maximum absolute atomic E-state index is 13.2. The molecule has 0 fully saturated rings. The first-order valence-corrected chi connectivity index (χ1v) is 4.93. The Morgan fingerprint density at radius 2 is 1.69 bits per heavy atom. The van der Waals surface area contributed by atoms with E-state index >= 15 is 0 Å². The van der Waals surface area contributed by atoms with Crippen LogP contribution < -0.4 is 5.73 Å². The van der Waals surface area contributed by atoms with E-state index in [-0.39, 0.29) is 11.4 Å². The molecule has 82 valence electrons. The smallest absolute Gasteiger partial charge is 0.146 e. The lowest BCUT2D eigenvalue weighted by molar-refractivity contribution is 0.475. The second kappa shape index (κ2) is 3.85. The third kappa shape index (κ3) is 1.72. The summed E-state index contributed by atoms with van der Waals surface area (Å²) >= 11 is 0. The van der Waals surface area contributed by atoms with E-state index in [1.807, 2.05) is 0 Å². The molecular weight excluding hydrogens is 205 g/mol. The molecule has 0 saturated carbocycles. The normalized spacial score (nSPS) is 10.4. The molecule has 0 aliphatic rings. The Morgan fingerprint density at radius 3 is 2.31 bits per heavy atom. The molecule has 2 aromatic rings. The van der Waals surface area contributed by atoms with E-state index in [1.54, 1.807) is 37.3 Å². The molecule has 0 saturated heterocycles. The van der Waals surface area contributed by atoms with Crippen molar-refractivity contribution in [1.29, 1.82) is 0 Å². The van der Waals surface area contributed by atoms with E-state index in [0.29, 0.717) is 5.56 Å². The quantitative estimate of drug-likeness (QED) is 0.721. The molecule has 2 rings (SSSR count). The van der Waals surface area contributed by atoms with E-state index in [0.717, 1.165) is 11.1 Å². The number of hydrogen-bond acceptors (Lipinski definition) is 2. The van der Waals surface area contributed by atoms with Gasteiger partial charge in [-0.2, -0.15) is 0 Å². The van der Waals surface area contributed by atoms with Crippen LogP contribution in [0.3, 0.4) is 0 Å². The number of nitrogen functional groups attached to an aromatic ring is 1. The van der Waals surface area contributed by atoms with E-state index in [9.17, 15) is 9.50 Å². The fourth-order valence-corrected chi connectivity index (χ4v) is 1.65. The summed E-state index contributed by atoms with van der Waals surface area (Å²) in [6.07, 6.45) is 0. The highest BCUT2D eigenvalue weighted by atomic mass is 19.1. The molecular formula is C13H12FNO. The van der Waals surface area contributed by atoms with Gasteiger partial charge in [0.1, 0.15) is 11.6 Å². The van der Waals surface area contributed by atoms with Crippen LogP contribution in [0, 0.1) is 12.7 Å². The highest BCUT2D eigenvalue weighted by molar-refractivity contribution is 5.73. The third-order valence-corrected chi connectivity index (χ3v) is 2.64. The predicted molar refractivity (Wildman–Crippen MR) is 62.7 cm³/mol. The van der Waals surface area contributed by atoms with Crippen molar-refractivity contribution in [2.45, 2.75) is 6.92 Å². The summed E-state index contributed by atoms with van der Waals surface area (Å²) in [6.45, 7) is 1.78. The van der Waals surface area contributed by atoms with E-state index in [2.05, 4.69) is 0 Å². The molecule has 3 heteroatoms. The molecule has 0 radical (unpaired) electrons. The van der Waals surface area contributed by atoms with Gasteiger partial charge in [-0.1, -0.05) is 18.2 Å². The zero-order valence-electron chi connectivity index (χ0n) is 8.87. The van der Waals surface area contributed by atoms with Crippen molar-refractivity contribution >= 4 is 5.69 Å². The molecule has 0 aromatic heterocycles. The maximum Gasteiger partial charge on any atom is 0.146 e. The van der Waals surface area contributed by atoms with Gasteiger partial charge in [0.05, 0.1) is 5.69 Å². The Hall–Kier alpha value is -2.03.